The van der Waals surface area contributed by atoms with Crippen LogP contribution in [0.3, 0.4) is 0 Å². The van der Waals surface area contributed by atoms with Gasteiger partial charge in [-0.1, -0.05) is 27.2 Å². The normalized spacial score (nSPS) is 29.1. The Morgan fingerprint density at radius 3 is 2.28 bits per heavy atom. The maximum Gasteiger partial charge on any atom is 0.407 e. The molecule has 0 aliphatic carbocycles. The van der Waals surface area contributed by atoms with Gasteiger partial charge in [0, 0.05) is 68.0 Å². The van der Waals surface area contributed by atoms with E-state index in [9.17, 15) is 57.9 Å². The molecular weight excluding hydrogens is 1000 g/mol. The molecule has 5 heterocycles. The second-order valence-corrected chi connectivity index (χ2v) is 22.3. The van der Waals surface area contributed by atoms with Crippen LogP contribution in [-0.4, -0.2) is 175 Å². The van der Waals surface area contributed by atoms with Crippen molar-refractivity contribution >= 4 is 80.6 Å². The predicted molar refractivity (Wildman–Crippen MR) is 265 cm³/mol. The van der Waals surface area contributed by atoms with Gasteiger partial charge in [0.15, 0.2) is 17.3 Å². The third-order valence-electron chi connectivity index (χ3n) is 14.1. The summed E-state index contributed by atoms with van der Waals surface area (Å²) in [6, 6.07) is -1.95. The monoisotopic (exact) mass is 1070 g/mol. The van der Waals surface area contributed by atoms with Gasteiger partial charge in [-0.15, -0.1) is 0 Å². The number of rotatable bonds is 10. The highest BCUT2D eigenvalue weighted by Gasteiger charge is 2.57. The smallest absolute Gasteiger partial charge is 0.407 e. The molecule has 6 rings (SSSR count). The van der Waals surface area contributed by atoms with Crippen molar-refractivity contribution in [2.45, 2.75) is 139 Å². The van der Waals surface area contributed by atoms with E-state index in [1.807, 2.05) is 0 Å². The Hall–Kier alpha value is -6.35. The van der Waals surface area contributed by atoms with Crippen molar-refractivity contribution in [2.75, 3.05) is 38.5 Å². The summed E-state index contributed by atoms with van der Waals surface area (Å²) in [7, 11) is -2.33. The number of nitrogens with two attached hydrogens (primary N) is 1. The topological polar surface area (TPSA) is 384 Å². The van der Waals surface area contributed by atoms with Gasteiger partial charge in [-0.2, -0.15) is 0 Å². The number of primary amides is 1. The molecule has 25 nitrogen and oxygen atoms in total. The predicted octanol–water partition coefficient (Wildman–Crippen LogP) is -2.40. The molecule has 412 valence electrons. The second-order valence-electron chi connectivity index (χ2n) is 20.8. The molecule has 26 heteroatoms. The molecule has 1 saturated heterocycles. The lowest BCUT2D eigenvalue weighted by Crippen LogP contribution is -2.66. The number of fused-ring (bicyclic) bond motifs is 7. The van der Waals surface area contributed by atoms with E-state index in [4.69, 9.17) is 15.2 Å². The highest BCUT2D eigenvalue weighted by atomic mass is 32.2. The van der Waals surface area contributed by atoms with Crippen molar-refractivity contribution in [3.63, 3.8) is 0 Å². The minimum absolute atomic E-state index is 0.0846. The Morgan fingerprint density at radius 2 is 1.63 bits per heavy atom. The third kappa shape index (κ3) is 13.7. The number of carbonyl (C=O) groups excluding carboxylic acids is 10. The number of carbonyl (C=O) groups is 10. The van der Waals surface area contributed by atoms with E-state index in [2.05, 4.69) is 36.9 Å². The van der Waals surface area contributed by atoms with Crippen molar-refractivity contribution in [2.24, 2.45) is 29.4 Å². The molecular formula is C49H69N9O16S. The molecule has 2 aromatic rings. The number of aromatic amines is 1. The molecule has 8 bridgehead atoms. The lowest BCUT2D eigenvalue weighted by molar-refractivity contribution is -0.167. The average molecular weight is 1070 g/mol. The lowest BCUT2D eigenvalue weighted by Gasteiger charge is -2.44. The highest BCUT2D eigenvalue weighted by molar-refractivity contribution is 7.85. The molecule has 1 aromatic carbocycles. The Balaban J connectivity index is 1.67. The van der Waals surface area contributed by atoms with Crippen LogP contribution in [0.4, 0.5) is 4.79 Å². The van der Waals surface area contributed by atoms with E-state index in [0.717, 1.165) is 0 Å². The molecule has 4 unspecified atom stereocenters. The number of hydrogen-bond donors (Lipinski definition) is 11. The quantitative estimate of drug-likeness (QED) is 0.118. The Labute approximate surface area is 434 Å². The Bertz CT molecular complexity index is 2600. The minimum atomic E-state index is -2.54. The minimum Gasteiger partial charge on any atom is -0.465 e. The van der Waals surface area contributed by atoms with E-state index in [1.54, 1.807) is 34.6 Å². The zero-order valence-corrected chi connectivity index (χ0v) is 43.6. The largest absolute Gasteiger partial charge is 0.465 e. The van der Waals surface area contributed by atoms with Crippen LogP contribution < -0.4 is 42.4 Å². The van der Waals surface area contributed by atoms with Gasteiger partial charge in [-0.3, -0.25) is 47.4 Å². The number of H-pyrrole nitrogens is 1. The van der Waals surface area contributed by atoms with E-state index in [-0.39, 0.29) is 21.9 Å². The zero-order chi connectivity index (χ0) is 55.3. The van der Waals surface area contributed by atoms with Crippen molar-refractivity contribution in [1.29, 1.82) is 0 Å². The first-order valence-electron chi connectivity index (χ1n) is 25.0. The summed E-state index contributed by atoms with van der Waals surface area (Å²) in [6.45, 7) is 6.29. The maximum absolute atomic E-state index is 15.9. The van der Waals surface area contributed by atoms with Crippen molar-refractivity contribution < 1.29 is 76.9 Å². The van der Waals surface area contributed by atoms with Crippen LogP contribution in [0.2, 0.25) is 0 Å². The summed E-state index contributed by atoms with van der Waals surface area (Å²) in [6.07, 6.45) is -7.49. The molecule has 7 amide bonds. The molecule has 4 aliphatic heterocycles. The number of amides is 7. The average Bonchev–Trinajstić information content (AvgIpc) is 3.92. The van der Waals surface area contributed by atoms with Crippen molar-refractivity contribution in [1.82, 2.24) is 41.8 Å². The van der Waals surface area contributed by atoms with Crippen LogP contribution in [0.25, 0.3) is 10.9 Å². The molecule has 1 aromatic heterocycles. The van der Waals surface area contributed by atoms with Gasteiger partial charge in [-0.05, 0) is 57.2 Å². The summed E-state index contributed by atoms with van der Waals surface area (Å²) in [5.41, 5.74) is 2.59. The number of alkyl carbamates (subject to hydrolysis) is 1. The number of ether oxygens (including phenoxy) is 2. The number of nitrogens with zero attached hydrogens (tertiary/aromatic N) is 1. The number of Topliss-reactive ketones (excluding diaryl/α,β-unsaturated/α-hetero) is 3. The van der Waals surface area contributed by atoms with Crippen LogP contribution in [0.15, 0.2) is 23.2 Å². The first kappa shape index (κ1) is 57.9. The Kier molecular flexibility index (Phi) is 18.6. The molecule has 0 radical (unpaired) electrons. The van der Waals surface area contributed by atoms with E-state index >= 15 is 9.59 Å². The molecule has 12 N–H and O–H groups in total. The SMILES string of the molecule is CC[C@H](C)[C@@H]1NC(=O)CNC(=O)C2CC(=O)[C@H]([C@@H](C)[C@@H](O)CO)NC(=O)[C@@H]3CC(O)CN3C3(CCNC(=O)OC(C)(C)C)Oc4ccc5c(c([nH]c5c4)[S@](=O)CC(NC(=O)CNC1=O)C(=O)C[C@@H](CC(N)=O)C3=O)C2. The van der Waals surface area contributed by atoms with Gasteiger partial charge in [0.2, 0.25) is 41.2 Å². The van der Waals surface area contributed by atoms with Crippen LogP contribution >= 0.6 is 0 Å². The number of ketones is 3. The maximum atomic E-state index is 15.9. The molecule has 1 fully saturated rings. The molecule has 12 atom stereocenters. The van der Waals surface area contributed by atoms with Crippen LogP contribution in [-0.2, 0) is 65.1 Å². The first-order chi connectivity index (χ1) is 35.2. The van der Waals surface area contributed by atoms with Crippen LogP contribution in [0.1, 0.15) is 85.6 Å². The summed E-state index contributed by atoms with van der Waals surface area (Å²) in [4.78, 5) is 147. The fourth-order valence-electron chi connectivity index (χ4n) is 9.98. The second kappa shape index (κ2) is 24.1. The van der Waals surface area contributed by atoms with E-state index in [1.165, 1.54) is 30.0 Å². The summed E-state index contributed by atoms with van der Waals surface area (Å²) in [5.74, 6) is -14.2. The lowest BCUT2D eigenvalue weighted by atomic mass is 9.83. The molecule has 0 spiro atoms. The summed E-state index contributed by atoms with van der Waals surface area (Å²) >= 11 is 0. The third-order valence-corrected chi connectivity index (χ3v) is 15.6. The number of aromatic nitrogens is 1. The molecule has 0 saturated carbocycles. The van der Waals surface area contributed by atoms with Gasteiger partial charge < -0.3 is 67.4 Å². The van der Waals surface area contributed by atoms with Crippen molar-refractivity contribution in [3.8, 4) is 5.75 Å². The van der Waals surface area contributed by atoms with Crippen LogP contribution in [0.5, 0.6) is 5.75 Å². The fraction of sp³-hybridized carbons (Fsp3) is 0.633. The highest BCUT2D eigenvalue weighted by Crippen LogP contribution is 2.40. The van der Waals surface area contributed by atoms with Gasteiger partial charge >= 0.3 is 6.09 Å². The fourth-order valence-corrected chi connectivity index (χ4v) is 11.4. The molecule has 4 aliphatic rings. The number of aliphatic hydroxyl groups is 3. The van der Waals surface area contributed by atoms with E-state index < -0.39 is 218 Å². The number of nitrogens with one attached hydrogen (secondary N) is 7. The first-order valence-corrected chi connectivity index (χ1v) is 26.3. The van der Waals surface area contributed by atoms with Gasteiger partial charge in [0.05, 0.1) is 72.1 Å². The number of aliphatic hydroxyl groups excluding tert-OH is 3. The summed E-state index contributed by atoms with van der Waals surface area (Å²) < 4.78 is 27.2. The van der Waals surface area contributed by atoms with Crippen LogP contribution in [0, 0.1) is 23.7 Å². The number of benzene rings is 1. The molecule has 75 heavy (non-hydrogen) atoms. The Morgan fingerprint density at radius 1 is 0.947 bits per heavy atom. The van der Waals surface area contributed by atoms with Gasteiger partial charge in [-0.25, -0.2) is 9.69 Å². The van der Waals surface area contributed by atoms with Gasteiger partial charge in [0.1, 0.15) is 22.4 Å². The van der Waals surface area contributed by atoms with E-state index in [0.29, 0.717) is 11.8 Å². The zero-order valence-electron chi connectivity index (χ0n) is 42.8. The van der Waals surface area contributed by atoms with Gasteiger partial charge in [0.25, 0.3) is 0 Å². The summed E-state index contributed by atoms with van der Waals surface area (Å²) in [5, 5.41) is 48.2. The standard InChI is InChI=1S/C49H69N9O16S/c1-7-23(2)40-45(70)53-18-38(65)54-32-22-75(72)46-30-12-26(43(68)52-19-39(66)56-40)14-35(62)41(24(3)36(63)21-59)57-44(69)33-16-27(60)20-58(33)49(10-11-51-47(71)74-48(4,5)6,42(67)25(13-34(32)61)15-37(50)64)73-28-8-9-29(30)31(17-28)55-46/h8-9,17,23-27,32-33,36,40-41,55,59-60,63H,7,10-16,18-22H2,1-6H3,(H2,50,64)(H,51,71)(H,52,68)(H,53,70)(H,54,65)(H,56,66)(H,57,69)/t23-,24-,25-,26?,27?,32?,33-,36-,40-,41-,49?,75+/m0/s1. The number of hydrogen-bond acceptors (Lipinski definition) is 17. The van der Waals surface area contributed by atoms with Crippen molar-refractivity contribution in [3.05, 3.63) is 23.8 Å².